The summed E-state index contributed by atoms with van der Waals surface area (Å²) in [5.41, 5.74) is 1.62. The van der Waals surface area contributed by atoms with Crippen LogP contribution >= 0.6 is 23.2 Å². The Morgan fingerprint density at radius 2 is 1.65 bits per heavy atom. The molecule has 2 aromatic carbocycles. The fraction of sp³-hybridized carbons (Fsp3) is 0.318. The van der Waals surface area contributed by atoms with Crippen LogP contribution in [0.15, 0.2) is 53.1 Å². The topological polar surface area (TPSA) is 83.3 Å². The van der Waals surface area contributed by atoms with Gasteiger partial charge in [0.05, 0.1) is 6.04 Å². The zero-order chi connectivity index (χ0) is 21.6. The molecular formula is C22H23Cl2N5O2. The van der Waals surface area contributed by atoms with Crippen molar-refractivity contribution in [2.24, 2.45) is 0 Å². The smallest absolute Gasteiger partial charge is 0.324 e. The summed E-state index contributed by atoms with van der Waals surface area (Å²) in [7, 11) is 0. The molecule has 3 aromatic rings. The highest BCUT2D eigenvalue weighted by Crippen LogP contribution is 2.23. The molecule has 0 radical (unpaired) electrons. The summed E-state index contributed by atoms with van der Waals surface area (Å²) in [4.78, 5) is 19.3. The van der Waals surface area contributed by atoms with Crippen molar-refractivity contribution in [3.05, 3.63) is 70.0 Å². The summed E-state index contributed by atoms with van der Waals surface area (Å²) >= 11 is 11.9. The molecule has 1 aliphatic heterocycles. The maximum absolute atomic E-state index is 12.7. The molecule has 2 amide bonds. The quantitative estimate of drug-likeness (QED) is 0.510. The molecule has 1 aliphatic rings. The normalized spacial score (nSPS) is 14.8. The molecule has 2 N–H and O–H groups in total. The fourth-order valence-corrected chi connectivity index (χ4v) is 3.76. The Labute approximate surface area is 190 Å². The number of halogens is 2. The SMILES string of the molecule is O=C(Nc1ccc(Cl)cc1)NC(Cc1ccc(Cl)cc1)c1noc(N2CCCCC2)n1. The van der Waals surface area contributed by atoms with Crippen LogP contribution < -0.4 is 15.5 Å². The van der Waals surface area contributed by atoms with E-state index in [0.29, 0.717) is 34.0 Å². The molecule has 2 heterocycles. The monoisotopic (exact) mass is 459 g/mol. The lowest BCUT2D eigenvalue weighted by Crippen LogP contribution is -2.34. The molecule has 9 heteroatoms. The summed E-state index contributed by atoms with van der Waals surface area (Å²) in [5.74, 6) is 0.432. The maximum atomic E-state index is 12.7. The highest BCUT2D eigenvalue weighted by atomic mass is 35.5. The first-order valence-corrected chi connectivity index (χ1v) is 11.0. The van der Waals surface area contributed by atoms with Crippen LogP contribution in [0.3, 0.4) is 0 Å². The predicted octanol–water partition coefficient (Wildman–Crippen LogP) is 5.47. The number of hydrogen-bond acceptors (Lipinski definition) is 5. The molecule has 0 bridgehead atoms. The van der Waals surface area contributed by atoms with Crippen molar-refractivity contribution >= 4 is 40.9 Å². The third-order valence-electron chi connectivity index (χ3n) is 5.13. The Kier molecular flexibility index (Phi) is 6.94. The highest BCUT2D eigenvalue weighted by Gasteiger charge is 2.24. The zero-order valence-corrected chi connectivity index (χ0v) is 18.4. The number of nitrogens with zero attached hydrogens (tertiary/aromatic N) is 3. The molecule has 1 unspecified atom stereocenters. The van der Waals surface area contributed by atoms with Crippen LogP contribution in [0.2, 0.25) is 10.0 Å². The van der Waals surface area contributed by atoms with Gasteiger partial charge in [-0.15, -0.1) is 0 Å². The average molecular weight is 460 g/mol. The number of urea groups is 1. The number of carbonyl (C=O) groups excluding carboxylic acids is 1. The Bertz CT molecular complexity index is 1000. The van der Waals surface area contributed by atoms with Gasteiger partial charge in [-0.3, -0.25) is 0 Å². The molecule has 7 nitrogen and oxygen atoms in total. The van der Waals surface area contributed by atoms with Gasteiger partial charge < -0.3 is 20.1 Å². The molecule has 1 aromatic heterocycles. The van der Waals surface area contributed by atoms with Gasteiger partial charge in [0, 0.05) is 35.2 Å². The molecular weight excluding hydrogens is 437 g/mol. The molecule has 0 spiro atoms. The van der Waals surface area contributed by atoms with E-state index in [0.717, 1.165) is 31.5 Å². The number of nitrogens with one attached hydrogen (secondary N) is 2. The number of piperidine rings is 1. The Balaban J connectivity index is 1.50. The van der Waals surface area contributed by atoms with Crippen LogP contribution in [0, 0.1) is 0 Å². The van der Waals surface area contributed by atoms with Crippen LogP contribution in [-0.4, -0.2) is 29.3 Å². The Hall–Kier alpha value is -2.77. The minimum atomic E-state index is -0.476. The average Bonchev–Trinajstić information content (AvgIpc) is 3.27. The van der Waals surface area contributed by atoms with Crippen molar-refractivity contribution in [1.29, 1.82) is 0 Å². The van der Waals surface area contributed by atoms with Gasteiger partial charge in [0.25, 0.3) is 0 Å². The van der Waals surface area contributed by atoms with Crippen LogP contribution in [0.25, 0.3) is 0 Å². The number of carbonyl (C=O) groups is 1. The Morgan fingerprint density at radius 3 is 2.32 bits per heavy atom. The van der Waals surface area contributed by atoms with Gasteiger partial charge >= 0.3 is 12.0 Å². The summed E-state index contributed by atoms with van der Waals surface area (Å²) in [6, 6.07) is 14.0. The van der Waals surface area contributed by atoms with Gasteiger partial charge in [-0.1, -0.05) is 40.5 Å². The molecule has 1 saturated heterocycles. The highest BCUT2D eigenvalue weighted by molar-refractivity contribution is 6.30. The van der Waals surface area contributed by atoms with Crippen LogP contribution in [-0.2, 0) is 6.42 Å². The van der Waals surface area contributed by atoms with E-state index in [9.17, 15) is 4.79 Å². The lowest BCUT2D eigenvalue weighted by Gasteiger charge is -2.24. The van der Waals surface area contributed by atoms with Gasteiger partial charge in [-0.25, -0.2) is 4.79 Å². The summed E-state index contributed by atoms with van der Waals surface area (Å²) < 4.78 is 5.51. The molecule has 1 atom stereocenters. The largest absolute Gasteiger partial charge is 0.327 e. The van der Waals surface area contributed by atoms with E-state index < -0.39 is 6.04 Å². The lowest BCUT2D eigenvalue weighted by atomic mass is 10.1. The second-order valence-electron chi connectivity index (χ2n) is 7.47. The van der Waals surface area contributed by atoms with Gasteiger partial charge in [-0.2, -0.15) is 4.98 Å². The standard InChI is InChI=1S/C22H23Cl2N5O2/c23-16-6-4-15(5-7-16)14-19(26-21(30)25-18-10-8-17(24)9-11-18)20-27-22(31-28-20)29-12-2-1-3-13-29/h4-11,19H,1-3,12-14H2,(H2,25,26,30). The molecule has 4 rings (SSSR count). The number of aromatic nitrogens is 2. The molecule has 162 valence electrons. The molecule has 1 fully saturated rings. The van der Waals surface area contributed by atoms with Crippen molar-refractivity contribution in [1.82, 2.24) is 15.5 Å². The number of benzene rings is 2. The van der Waals surface area contributed by atoms with Crippen molar-refractivity contribution in [3.8, 4) is 0 Å². The van der Waals surface area contributed by atoms with E-state index >= 15 is 0 Å². The van der Waals surface area contributed by atoms with E-state index in [2.05, 4.69) is 25.7 Å². The fourth-order valence-electron chi connectivity index (χ4n) is 3.50. The minimum absolute atomic E-state index is 0.370. The second-order valence-corrected chi connectivity index (χ2v) is 8.34. The third kappa shape index (κ3) is 5.89. The number of hydrogen-bond donors (Lipinski definition) is 2. The first-order valence-electron chi connectivity index (χ1n) is 10.2. The van der Waals surface area contributed by atoms with Gasteiger partial charge in [0.15, 0.2) is 5.82 Å². The van der Waals surface area contributed by atoms with Crippen molar-refractivity contribution < 1.29 is 9.32 Å². The van der Waals surface area contributed by atoms with Crippen LogP contribution in [0.5, 0.6) is 0 Å². The maximum Gasteiger partial charge on any atom is 0.324 e. The summed E-state index contributed by atoms with van der Waals surface area (Å²) in [6.07, 6.45) is 3.91. The minimum Gasteiger partial charge on any atom is -0.327 e. The van der Waals surface area contributed by atoms with Gasteiger partial charge in [0.2, 0.25) is 0 Å². The summed E-state index contributed by atoms with van der Waals surface area (Å²) in [5, 5.41) is 11.2. The molecule has 0 saturated carbocycles. The first-order chi connectivity index (χ1) is 15.1. The van der Waals surface area contributed by atoms with Gasteiger partial charge in [-0.05, 0) is 61.2 Å². The van der Waals surface area contributed by atoms with E-state index in [1.165, 1.54) is 6.42 Å². The molecule has 31 heavy (non-hydrogen) atoms. The third-order valence-corrected chi connectivity index (χ3v) is 5.63. The van der Waals surface area contributed by atoms with Crippen molar-refractivity contribution in [2.75, 3.05) is 23.3 Å². The second kappa shape index (κ2) is 10.0. The number of amides is 2. The van der Waals surface area contributed by atoms with Crippen LogP contribution in [0.4, 0.5) is 16.5 Å². The molecule has 0 aliphatic carbocycles. The summed E-state index contributed by atoms with van der Waals surface area (Å²) in [6.45, 7) is 1.79. The first kappa shape index (κ1) is 21.5. The van der Waals surface area contributed by atoms with E-state index in [1.54, 1.807) is 24.3 Å². The zero-order valence-electron chi connectivity index (χ0n) is 16.9. The van der Waals surface area contributed by atoms with Crippen molar-refractivity contribution in [3.63, 3.8) is 0 Å². The number of anilines is 2. The number of rotatable bonds is 6. The van der Waals surface area contributed by atoms with Crippen molar-refractivity contribution in [2.45, 2.75) is 31.7 Å². The van der Waals surface area contributed by atoms with E-state index in [4.69, 9.17) is 27.7 Å². The van der Waals surface area contributed by atoms with Gasteiger partial charge in [0.1, 0.15) is 0 Å². The van der Waals surface area contributed by atoms with Crippen LogP contribution in [0.1, 0.15) is 36.7 Å². The predicted molar refractivity (Wildman–Crippen MR) is 122 cm³/mol. The van der Waals surface area contributed by atoms with E-state index in [1.807, 2.05) is 24.3 Å². The lowest BCUT2D eigenvalue weighted by molar-refractivity contribution is 0.247. The van der Waals surface area contributed by atoms with E-state index in [-0.39, 0.29) is 6.03 Å². The Morgan fingerprint density at radius 1 is 1.00 bits per heavy atom.